The number of pyridine rings is 1. The second-order valence-electron chi connectivity index (χ2n) is 3.53. The summed E-state index contributed by atoms with van der Waals surface area (Å²) in [5, 5.41) is 3.20. The summed E-state index contributed by atoms with van der Waals surface area (Å²) >= 11 is 3.44. The van der Waals surface area contributed by atoms with Gasteiger partial charge in [-0.2, -0.15) is 0 Å². The van der Waals surface area contributed by atoms with Crippen LogP contribution in [0.5, 0.6) is 11.5 Å². The lowest BCUT2D eigenvalue weighted by Crippen LogP contribution is -1.96. The predicted molar refractivity (Wildman–Crippen MR) is 74.8 cm³/mol. The SMILES string of the molecule is COc1ccc(Nc2ncccc2Br)cc1OC. The second-order valence-corrected chi connectivity index (χ2v) is 4.38. The van der Waals surface area contributed by atoms with Gasteiger partial charge in [0.1, 0.15) is 5.82 Å². The van der Waals surface area contributed by atoms with Crippen LogP contribution < -0.4 is 14.8 Å². The number of methoxy groups -OCH3 is 2. The Hall–Kier alpha value is -1.75. The maximum absolute atomic E-state index is 5.25. The molecular weight excluding hydrogens is 296 g/mol. The van der Waals surface area contributed by atoms with Gasteiger partial charge >= 0.3 is 0 Å². The monoisotopic (exact) mass is 308 g/mol. The van der Waals surface area contributed by atoms with Crippen molar-refractivity contribution < 1.29 is 9.47 Å². The number of ether oxygens (including phenoxy) is 2. The Morgan fingerprint density at radius 2 is 1.89 bits per heavy atom. The van der Waals surface area contributed by atoms with Crippen molar-refractivity contribution in [3.8, 4) is 11.5 Å². The summed E-state index contributed by atoms with van der Waals surface area (Å²) in [5.74, 6) is 2.13. The summed E-state index contributed by atoms with van der Waals surface area (Å²) in [4.78, 5) is 4.24. The fraction of sp³-hybridized carbons (Fsp3) is 0.154. The minimum Gasteiger partial charge on any atom is -0.493 e. The number of nitrogens with zero attached hydrogens (tertiary/aromatic N) is 1. The van der Waals surface area contributed by atoms with Crippen LogP contribution in [0.15, 0.2) is 41.0 Å². The molecule has 1 aromatic heterocycles. The van der Waals surface area contributed by atoms with Crippen LogP contribution in [0.25, 0.3) is 0 Å². The smallest absolute Gasteiger partial charge is 0.162 e. The Morgan fingerprint density at radius 1 is 1.11 bits per heavy atom. The van der Waals surface area contributed by atoms with Crippen molar-refractivity contribution in [3.63, 3.8) is 0 Å². The number of benzene rings is 1. The molecule has 0 atom stereocenters. The average Bonchev–Trinajstić information content (AvgIpc) is 2.41. The van der Waals surface area contributed by atoms with Crippen LogP contribution in [0.1, 0.15) is 0 Å². The first kappa shape index (κ1) is 12.7. The van der Waals surface area contributed by atoms with Gasteiger partial charge in [-0.05, 0) is 40.2 Å². The van der Waals surface area contributed by atoms with Gasteiger partial charge in [0.25, 0.3) is 0 Å². The van der Waals surface area contributed by atoms with Crippen molar-refractivity contribution in [1.29, 1.82) is 0 Å². The van der Waals surface area contributed by atoms with Crippen LogP contribution in [0.2, 0.25) is 0 Å². The van der Waals surface area contributed by atoms with Crippen LogP contribution in [-0.4, -0.2) is 19.2 Å². The third kappa shape index (κ3) is 2.73. The molecule has 94 valence electrons. The quantitative estimate of drug-likeness (QED) is 0.937. The highest BCUT2D eigenvalue weighted by molar-refractivity contribution is 9.10. The number of anilines is 2. The van der Waals surface area contributed by atoms with E-state index in [-0.39, 0.29) is 0 Å². The molecule has 2 aromatic rings. The molecule has 0 unspecified atom stereocenters. The van der Waals surface area contributed by atoms with Crippen molar-refractivity contribution >= 4 is 27.4 Å². The van der Waals surface area contributed by atoms with Gasteiger partial charge in [0.2, 0.25) is 0 Å². The molecule has 0 aliphatic heterocycles. The number of aromatic nitrogens is 1. The predicted octanol–water partition coefficient (Wildman–Crippen LogP) is 3.60. The first-order chi connectivity index (χ1) is 8.74. The molecule has 5 heteroatoms. The summed E-state index contributed by atoms with van der Waals surface area (Å²) in [5.41, 5.74) is 0.882. The van der Waals surface area contributed by atoms with Gasteiger partial charge in [0.05, 0.1) is 18.7 Å². The van der Waals surface area contributed by atoms with Crippen LogP contribution in [0.3, 0.4) is 0 Å². The number of rotatable bonds is 4. The van der Waals surface area contributed by atoms with Gasteiger partial charge in [-0.15, -0.1) is 0 Å². The van der Waals surface area contributed by atoms with E-state index in [2.05, 4.69) is 26.2 Å². The number of hydrogen-bond acceptors (Lipinski definition) is 4. The normalized spacial score (nSPS) is 9.94. The summed E-state index contributed by atoms with van der Waals surface area (Å²) in [6.45, 7) is 0. The van der Waals surface area contributed by atoms with E-state index in [9.17, 15) is 0 Å². The van der Waals surface area contributed by atoms with Gasteiger partial charge in [-0.25, -0.2) is 4.98 Å². The molecule has 0 radical (unpaired) electrons. The van der Waals surface area contributed by atoms with E-state index >= 15 is 0 Å². The van der Waals surface area contributed by atoms with Crippen LogP contribution in [-0.2, 0) is 0 Å². The summed E-state index contributed by atoms with van der Waals surface area (Å²) in [6, 6.07) is 9.40. The average molecular weight is 309 g/mol. The third-order valence-corrected chi connectivity index (χ3v) is 3.04. The van der Waals surface area contributed by atoms with E-state index in [1.165, 1.54) is 0 Å². The molecule has 0 aliphatic carbocycles. The molecule has 4 nitrogen and oxygen atoms in total. The molecule has 1 heterocycles. The van der Waals surface area contributed by atoms with E-state index in [0.717, 1.165) is 16.0 Å². The summed E-state index contributed by atoms with van der Waals surface area (Å²) in [7, 11) is 3.22. The van der Waals surface area contributed by atoms with Gasteiger partial charge in [-0.1, -0.05) is 0 Å². The topological polar surface area (TPSA) is 43.4 Å². The highest BCUT2D eigenvalue weighted by atomic mass is 79.9. The van der Waals surface area contributed by atoms with Gasteiger partial charge < -0.3 is 14.8 Å². The van der Waals surface area contributed by atoms with Crippen LogP contribution >= 0.6 is 15.9 Å². The molecule has 0 fully saturated rings. The molecule has 0 saturated heterocycles. The first-order valence-electron chi connectivity index (χ1n) is 5.34. The maximum Gasteiger partial charge on any atom is 0.162 e. The van der Waals surface area contributed by atoms with Crippen LogP contribution in [0.4, 0.5) is 11.5 Å². The van der Waals surface area contributed by atoms with E-state index in [1.54, 1.807) is 20.4 Å². The van der Waals surface area contributed by atoms with E-state index in [0.29, 0.717) is 11.5 Å². The minimum atomic E-state index is 0.676. The second kappa shape index (κ2) is 5.73. The van der Waals surface area contributed by atoms with E-state index in [4.69, 9.17) is 9.47 Å². The molecule has 0 spiro atoms. The zero-order valence-electron chi connectivity index (χ0n) is 10.1. The minimum absolute atomic E-state index is 0.676. The van der Waals surface area contributed by atoms with Crippen LogP contribution in [0, 0.1) is 0 Å². The third-order valence-electron chi connectivity index (χ3n) is 2.40. The molecule has 0 bridgehead atoms. The largest absolute Gasteiger partial charge is 0.493 e. The Bertz CT molecular complexity index is 546. The van der Waals surface area contributed by atoms with Crippen molar-refractivity contribution in [3.05, 3.63) is 41.0 Å². The molecular formula is C13H13BrN2O2. The maximum atomic E-state index is 5.25. The Morgan fingerprint density at radius 3 is 2.56 bits per heavy atom. The number of hydrogen-bond donors (Lipinski definition) is 1. The number of nitrogens with one attached hydrogen (secondary N) is 1. The van der Waals surface area contributed by atoms with Crippen molar-refractivity contribution in [1.82, 2.24) is 4.98 Å². The van der Waals surface area contributed by atoms with Gasteiger partial charge in [0.15, 0.2) is 11.5 Å². The number of halogens is 1. The molecule has 0 aliphatic rings. The standard InChI is InChI=1S/C13H13BrN2O2/c1-17-11-6-5-9(8-12(11)18-2)16-13-10(14)4-3-7-15-13/h3-8H,1-2H3,(H,15,16). The van der Waals surface area contributed by atoms with E-state index < -0.39 is 0 Å². The fourth-order valence-corrected chi connectivity index (χ4v) is 1.88. The zero-order chi connectivity index (χ0) is 13.0. The molecule has 1 aromatic carbocycles. The fourth-order valence-electron chi connectivity index (χ4n) is 1.53. The lowest BCUT2D eigenvalue weighted by molar-refractivity contribution is 0.355. The Labute approximate surface area is 114 Å². The van der Waals surface area contributed by atoms with Gasteiger partial charge in [0, 0.05) is 18.0 Å². The molecule has 2 rings (SSSR count). The molecule has 0 saturated carbocycles. The lowest BCUT2D eigenvalue weighted by atomic mass is 10.2. The van der Waals surface area contributed by atoms with Crippen molar-refractivity contribution in [2.75, 3.05) is 19.5 Å². The Balaban J connectivity index is 2.27. The highest BCUT2D eigenvalue weighted by Gasteiger charge is 2.06. The van der Waals surface area contributed by atoms with E-state index in [1.807, 2.05) is 30.3 Å². The van der Waals surface area contributed by atoms with Gasteiger partial charge in [-0.3, -0.25) is 0 Å². The van der Waals surface area contributed by atoms with Crippen molar-refractivity contribution in [2.45, 2.75) is 0 Å². The summed E-state index contributed by atoms with van der Waals surface area (Å²) < 4.78 is 11.3. The highest BCUT2D eigenvalue weighted by Crippen LogP contribution is 2.31. The lowest BCUT2D eigenvalue weighted by Gasteiger charge is -2.11. The molecule has 1 N–H and O–H groups in total. The first-order valence-corrected chi connectivity index (χ1v) is 6.13. The Kier molecular flexibility index (Phi) is 4.04. The molecule has 0 amide bonds. The zero-order valence-corrected chi connectivity index (χ0v) is 11.7. The summed E-state index contributed by atoms with van der Waals surface area (Å²) in [6.07, 6.45) is 1.73. The van der Waals surface area contributed by atoms with Crippen molar-refractivity contribution in [2.24, 2.45) is 0 Å². The molecule has 18 heavy (non-hydrogen) atoms.